The van der Waals surface area contributed by atoms with Gasteiger partial charge in [-0.1, -0.05) is 12.1 Å². The molecule has 0 aromatic heterocycles. The number of carbonyl (C=O) groups is 1. The topological polar surface area (TPSA) is 61.5 Å². The lowest BCUT2D eigenvalue weighted by Crippen LogP contribution is -2.30. The Bertz CT molecular complexity index is 377. The van der Waals surface area contributed by atoms with Crippen molar-refractivity contribution in [1.29, 1.82) is 0 Å². The van der Waals surface area contributed by atoms with E-state index in [2.05, 4.69) is 0 Å². The lowest BCUT2D eigenvalue weighted by Gasteiger charge is -2.14. The molecule has 1 rings (SSSR count). The van der Waals surface area contributed by atoms with E-state index < -0.39 is 6.04 Å². The van der Waals surface area contributed by atoms with Crippen LogP contribution in [0.15, 0.2) is 18.2 Å². The van der Waals surface area contributed by atoms with Crippen molar-refractivity contribution in [2.45, 2.75) is 19.4 Å². The normalized spacial score (nSPS) is 12.0. The monoisotopic (exact) mass is 223 g/mol. The van der Waals surface area contributed by atoms with Crippen LogP contribution in [0.25, 0.3) is 0 Å². The molecule has 1 aromatic carbocycles. The molecule has 0 bridgehead atoms. The van der Waals surface area contributed by atoms with Crippen LogP contribution in [0.4, 0.5) is 0 Å². The summed E-state index contributed by atoms with van der Waals surface area (Å²) >= 11 is 0. The maximum absolute atomic E-state index is 11.1. The van der Waals surface area contributed by atoms with Crippen molar-refractivity contribution in [1.82, 2.24) is 0 Å². The van der Waals surface area contributed by atoms with Crippen LogP contribution in [0.3, 0.4) is 0 Å². The average molecular weight is 223 g/mol. The first-order valence-corrected chi connectivity index (χ1v) is 5.06. The van der Waals surface area contributed by atoms with Gasteiger partial charge in [-0.05, 0) is 25.0 Å². The molecule has 16 heavy (non-hydrogen) atoms. The minimum absolute atomic E-state index is 0.0372. The first-order chi connectivity index (χ1) is 7.60. The molecule has 1 atom stereocenters. The van der Waals surface area contributed by atoms with Crippen molar-refractivity contribution in [2.75, 3.05) is 14.2 Å². The van der Waals surface area contributed by atoms with E-state index in [0.717, 1.165) is 5.56 Å². The van der Waals surface area contributed by atoms with Gasteiger partial charge < -0.3 is 15.2 Å². The molecule has 0 aliphatic heterocycles. The third-order valence-corrected chi connectivity index (χ3v) is 2.45. The summed E-state index contributed by atoms with van der Waals surface area (Å²) in [7, 11) is 3.15. The molecular weight excluding hydrogens is 206 g/mol. The second-order valence-electron chi connectivity index (χ2n) is 3.57. The number of para-hydroxylation sites is 1. The minimum Gasteiger partial charge on any atom is -0.493 e. The summed E-state index contributed by atoms with van der Waals surface area (Å²) in [4.78, 5) is 11.1. The summed E-state index contributed by atoms with van der Waals surface area (Å²) in [5.41, 5.74) is 6.60. The molecule has 0 aliphatic carbocycles. The van der Waals surface area contributed by atoms with Crippen LogP contribution in [0, 0.1) is 0 Å². The van der Waals surface area contributed by atoms with Crippen LogP contribution in [-0.4, -0.2) is 26.0 Å². The molecule has 0 amide bonds. The summed E-state index contributed by atoms with van der Waals surface area (Å²) in [5.74, 6) is 1.25. The molecule has 0 saturated carbocycles. The van der Waals surface area contributed by atoms with Crippen LogP contribution >= 0.6 is 0 Å². The van der Waals surface area contributed by atoms with E-state index in [-0.39, 0.29) is 5.78 Å². The Labute approximate surface area is 95.3 Å². The van der Waals surface area contributed by atoms with E-state index in [1.807, 2.05) is 18.2 Å². The zero-order valence-corrected chi connectivity index (χ0v) is 9.82. The number of benzene rings is 1. The predicted octanol–water partition coefficient (Wildman–Crippen LogP) is 1.16. The fraction of sp³-hybridized carbons (Fsp3) is 0.417. The molecule has 1 unspecified atom stereocenters. The van der Waals surface area contributed by atoms with Crippen LogP contribution in [0.2, 0.25) is 0 Å². The van der Waals surface area contributed by atoms with Gasteiger partial charge in [-0.2, -0.15) is 0 Å². The first kappa shape index (κ1) is 12.5. The van der Waals surface area contributed by atoms with Gasteiger partial charge >= 0.3 is 0 Å². The van der Waals surface area contributed by atoms with Crippen molar-refractivity contribution >= 4 is 5.78 Å². The molecule has 0 saturated heterocycles. The van der Waals surface area contributed by atoms with Gasteiger partial charge in [0.2, 0.25) is 0 Å². The molecule has 2 N–H and O–H groups in total. The highest BCUT2D eigenvalue weighted by Crippen LogP contribution is 2.31. The van der Waals surface area contributed by atoms with Crippen LogP contribution in [-0.2, 0) is 11.2 Å². The zero-order chi connectivity index (χ0) is 12.1. The predicted molar refractivity (Wildman–Crippen MR) is 61.9 cm³/mol. The summed E-state index contributed by atoms with van der Waals surface area (Å²) in [6.45, 7) is 1.48. The van der Waals surface area contributed by atoms with E-state index >= 15 is 0 Å². The van der Waals surface area contributed by atoms with Gasteiger partial charge in [0.1, 0.15) is 5.78 Å². The lowest BCUT2D eigenvalue weighted by molar-refractivity contribution is -0.118. The van der Waals surface area contributed by atoms with Crippen LogP contribution < -0.4 is 15.2 Å². The Morgan fingerprint density at radius 3 is 2.56 bits per heavy atom. The van der Waals surface area contributed by atoms with Gasteiger partial charge in [0.05, 0.1) is 20.3 Å². The van der Waals surface area contributed by atoms with Crippen molar-refractivity contribution in [2.24, 2.45) is 5.73 Å². The molecule has 0 spiro atoms. The van der Waals surface area contributed by atoms with Crippen molar-refractivity contribution in [3.8, 4) is 11.5 Å². The molecule has 88 valence electrons. The van der Waals surface area contributed by atoms with Crippen LogP contribution in [0.1, 0.15) is 12.5 Å². The lowest BCUT2D eigenvalue weighted by atomic mass is 10.0. The fourth-order valence-corrected chi connectivity index (χ4v) is 1.50. The van der Waals surface area contributed by atoms with Crippen molar-refractivity contribution in [3.63, 3.8) is 0 Å². The maximum atomic E-state index is 11.1. The van der Waals surface area contributed by atoms with E-state index in [1.165, 1.54) is 6.92 Å². The first-order valence-electron chi connectivity index (χ1n) is 5.06. The van der Waals surface area contributed by atoms with Gasteiger partial charge in [0.25, 0.3) is 0 Å². The molecule has 0 heterocycles. The van der Waals surface area contributed by atoms with Crippen molar-refractivity contribution in [3.05, 3.63) is 23.8 Å². The third-order valence-electron chi connectivity index (χ3n) is 2.45. The van der Waals surface area contributed by atoms with Gasteiger partial charge in [0.15, 0.2) is 11.5 Å². The Balaban J connectivity index is 2.99. The molecule has 4 heteroatoms. The van der Waals surface area contributed by atoms with E-state index in [0.29, 0.717) is 17.9 Å². The number of Topliss-reactive ketones (excluding diaryl/α,β-unsaturated/α-hetero) is 1. The number of hydrogen-bond acceptors (Lipinski definition) is 4. The summed E-state index contributed by atoms with van der Waals surface area (Å²) < 4.78 is 10.4. The SMILES string of the molecule is COc1cccc(CC(N)C(C)=O)c1OC. The second kappa shape index (κ2) is 5.51. The van der Waals surface area contributed by atoms with Crippen LogP contribution in [0.5, 0.6) is 11.5 Å². The molecule has 0 radical (unpaired) electrons. The highest BCUT2D eigenvalue weighted by molar-refractivity contribution is 5.81. The fourth-order valence-electron chi connectivity index (χ4n) is 1.50. The van der Waals surface area contributed by atoms with Gasteiger partial charge in [0, 0.05) is 0 Å². The largest absolute Gasteiger partial charge is 0.493 e. The van der Waals surface area contributed by atoms with Gasteiger partial charge in [-0.3, -0.25) is 4.79 Å². The molecule has 0 fully saturated rings. The average Bonchev–Trinajstić information content (AvgIpc) is 2.28. The molecule has 0 aliphatic rings. The Kier molecular flexibility index (Phi) is 4.31. The summed E-state index contributed by atoms with van der Waals surface area (Å²) in [6, 6.07) is 5.04. The summed E-state index contributed by atoms with van der Waals surface area (Å²) in [6.07, 6.45) is 0.454. The van der Waals surface area contributed by atoms with E-state index in [4.69, 9.17) is 15.2 Å². The Morgan fingerprint density at radius 2 is 2.06 bits per heavy atom. The number of methoxy groups -OCH3 is 2. The standard InChI is InChI=1S/C12H17NO3/c1-8(14)10(13)7-9-5-4-6-11(15-2)12(9)16-3/h4-6,10H,7,13H2,1-3H3. The number of ether oxygens (including phenoxy) is 2. The summed E-state index contributed by atoms with van der Waals surface area (Å²) in [5, 5.41) is 0. The smallest absolute Gasteiger partial charge is 0.163 e. The third kappa shape index (κ3) is 2.73. The number of carbonyl (C=O) groups excluding carboxylic acids is 1. The Hall–Kier alpha value is -1.55. The van der Waals surface area contributed by atoms with Gasteiger partial charge in [-0.15, -0.1) is 0 Å². The highest BCUT2D eigenvalue weighted by Gasteiger charge is 2.15. The van der Waals surface area contributed by atoms with E-state index in [1.54, 1.807) is 14.2 Å². The zero-order valence-electron chi connectivity index (χ0n) is 9.82. The highest BCUT2D eigenvalue weighted by atomic mass is 16.5. The number of rotatable bonds is 5. The number of ketones is 1. The number of hydrogen-bond donors (Lipinski definition) is 1. The molecule has 1 aromatic rings. The number of nitrogens with two attached hydrogens (primary N) is 1. The van der Waals surface area contributed by atoms with Gasteiger partial charge in [-0.25, -0.2) is 0 Å². The quantitative estimate of drug-likeness (QED) is 0.813. The molecular formula is C12H17NO3. The second-order valence-corrected chi connectivity index (χ2v) is 3.57. The maximum Gasteiger partial charge on any atom is 0.163 e. The van der Waals surface area contributed by atoms with Crippen molar-refractivity contribution < 1.29 is 14.3 Å². The minimum atomic E-state index is -0.499. The Morgan fingerprint density at radius 1 is 1.38 bits per heavy atom. The molecule has 4 nitrogen and oxygen atoms in total. The van der Waals surface area contributed by atoms with E-state index in [9.17, 15) is 4.79 Å².